The van der Waals surface area contributed by atoms with E-state index in [-0.39, 0.29) is 5.91 Å². The van der Waals surface area contributed by atoms with Crippen molar-refractivity contribution in [1.82, 2.24) is 5.32 Å². The van der Waals surface area contributed by atoms with Crippen molar-refractivity contribution in [1.29, 1.82) is 0 Å². The lowest BCUT2D eigenvalue weighted by molar-refractivity contribution is -0.116. The molecule has 1 aromatic rings. The molecule has 0 fully saturated rings. The minimum atomic E-state index is -0.557. The Morgan fingerprint density at radius 2 is 2.05 bits per heavy atom. The van der Waals surface area contributed by atoms with Crippen molar-refractivity contribution in [2.75, 3.05) is 11.9 Å². The summed E-state index contributed by atoms with van der Waals surface area (Å²) in [6.45, 7) is 4.88. The van der Waals surface area contributed by atoms with Crippen LogP contribution in [-0.2, 0) is 4.79 Å². The first kappa shape index (κ1) is 16.5. The SMILES string of the molecule is CC(C)NCCCC(=O)Nc1cc(C(N)=O)ccc1Cl. The van der Waals surface area contributed by atoms with Gasteiger partial charge in [0.2, 0.25) is 11.8 Å². The summed E-state index contributed by atoms with van der Waals surface area (Å²) in [5.74, 6) is -0.697. The highest BCUT2D eigenvalue weighted by Gasteiger charge is 2.09. The lowest BCUT2D eigenvalue weighted by Crippen LogP contribution is -2.24. The average Bonchev–Trinajstić information content (AvgIpc) is 2.37. The minimum absolute atomic E-state index is 0.140. The first-order chi connectivity index (χ1) is 9.40. The second-order valence-corrected chi connectivity index (χ2v) is 5.23. The summed E-state index contributed by atoms with van der Waals surface area (Å²) in [4.78, 5) is 22.9. The molecule has 0 aliphatic carbocycles. The Labute approximate surface area is 123 Å². The number of amides is 2. The molecule has 4 N–H and O–H groups in total. The van der Waals surface area contributed by atoms with E-state index < -0.39 is 5.91 Å². The number of rotatable bonds is 7. The molecule has 0 saturated heterocycles. The Hall–Kier alpha value is -1.59. The molecule has 1 rings (SSSR count). The van der Waals surface area contributed by atoms with Gasteiger partial charge < -0.3 is 16.4 Å². The van der Waals surface area contributed by atoms with Gasteiger partial charge in [0.15, 0.2) is 0 Å². The monoisotopic (exact) mass is 297 g/mol. The maximum atomic E-state index is 11.8. The molecule has 0 spiro atoms. The van der Waals surface area contributed by atoms with E-state index in [4.69, 9.17) is 17.3 Å². The molecule has 20 heavy (non-hydrogen) atoms. The number of carbonyl (C=O) groups is 2. The van der Waals surface area contributed by atoms with E-state index in [0.717, 1.165) is 13.0 Å². The van der Waals surface area contributed by atoms with Crippen LogP contribution in [0.15, 0.2) is 18.2 Å². The number of primary amides is 1. The molecule has 0 saturated carbocycles. The van der Waals surface area contributed by atoms with Gasteiger partial charge in [0, 0.05) is 18.0 Å². The summed E-state index contributed by atoms with van der Waals surface area (Å²) in [6.07, 6.45) is 1.12. The highest BCUT2D eigenvalue weighted by molar-refractivity contribution is 6.33. The number of halogens is 1. The zero-order valence-electron chi connectivity index (χ0n) is 11.7. The van der Waals surface area contributed by atoms with Crippen molar-refractivity contribution >= 4 is 29.1 Å². The lowest BCUT2D eigenvalue weighted by Gasteiger charge is -2.10. The van der Waals surface area contributed by atoms with Gasteiger partial charge in [-0.15, -0.1) is 0 Å². The summed E-state index contributed by atoms with van der Waals surface area (Å²) in [5.41, 5.74) is 5.91. The van der Waals surface area contributed by atoms with E-state index in [1.54, 1.807) is 0 Å². The van der Waals surface area contributed by atoms with Crippen LogP contribution in [0.5, 0.6) is 0 Å². The fraction of sp³-hybridized carbons (Fsp3) is 0.429. The summed E-state index contributed by atoms with van der Waals surface area (Å²) in [6, 6.07) is 4.94. The van der Waals surface area contributed by atoms with Crippen molar-refractivity contribution in [3.05, 3.63) is 28.8 Å². The number of nitrogens with one attached hydrogen (secondary N) is 2. The highest BCUT2D eigenvalue weighted by atomic mass is 35.5. The van der Waals surface area contributed by atoms with Crippen LogP contribution < -0.4 is 16.4 Å². The van der Waals surface area contributed by atoms with Crippen molar-refractivity contribution in [3.8, 4) is 0 Å². The smallest absolute Gasteiger partial charge is 0.248 e. The molecule has 0 heterocycles. The van der Waals surface area contributed by atoms with Crippen LogP contribution in [0, 0.1) is 0 Å². The molecule has 110 valence electrons. The number of anilines is 1. The molecular weight excluding hydrogens is 278 g/mol. The van der Waals surface area contributed by atoms with Crippen LogP contribution in [-0.4, -0.2) is 24.4 Å². The van der Waals surface area contributed by atoms with Crippen LogP contribution in [0.4, 0.5) is 5.69 Å². The topological polar surface area (TPSA) is 84.2 Å². The third-order valence-electron chi connectivity index (χ3n) is 2.66. The zero-order chi connectivity index (χ0) is 15.1. The maximum absolute atomic E-state index is 11.8. The Balaban J connectivity index is 2.53. The van der Waals surface area contributed by atoms with Gasteiger partial charge in [0.25, 0.3) is 0 Å². The van der Waals surface area contributed by atoms with E-state index in [9.17, 15) is 9.59 Å². The molecule has 0 atom stereocenters. The van der Waals surface area contributed by atoms with Gasteiger partial charge >= 0.3 is 0 Å². The predicted octanol–water partition coefficient (Wildman–Crippen LogP) is 2.16. The maximum Gasteiger partial charge on any atom is 0.248 e. The Morgan fingerprint density at radius 1 is 1.35 bits per heavy atom. The molecule has 2 amide bonds. The van der Waals surface area contributed by atoms with Crippen LogP contribution in [0.25, 0.3) is 0 Å². The van der Waals surface area contributed by atoms with Gasteiger partial charge in [0.05, 0.1) is 10.7 Å². The number of benzene rings is 1. The number of nitrogens with two attached hydrogens (primary N) is 1. The third kappa shape index (κ3) is 5.59. The zero-order valence-corrected chi connectivity index (χ0v) is 12.5. The second-order valence-electron chi connectivity index (χ2n) is 4.82. The van der Waals surface area contributed by atoms with Gasteiger partial charge in [-0.25, -0.2) is 0 Å². The molecule has 0 bridgehead atoms. The normalized spacial score (nSPS) is 10.6. The summed E-state index contributed by atoms with van der Waals surface area (Å²) in [7, 11) is 0. The minimum Gasteiger partial charge on any atom is -0.366 e. The molecule has 5 nitrogen and oxygen atoms in total. The standard InChI is InChI=1S/C14H20ClN3O2/c1-9(2)17-7-3-4-13(19)18-12-8-10(14(16)20)5-6-11(12)15/h5-6,8-9,17H,3-4,7H2,1-2H3,(H2,16,20)(H,18,19). The van der Waals surface area contributed by atoms with Crippen LogP contribution >= 0.6 is 11.6 Å². The first-order valence-corrected chi connectivity index (χ1v) is 6.90. The molecule has 1 aromatic carbocycles. The number of hydrogen-bond acceptors (Lipinski definition) is 3. The van der Waals surface area contributed by atoms with Crippen LogP contribution in [0.1, 0.15) is 37.0 Å². The Kier molecular flexibility index (Phi) is 6.48. The van der Waals surface area contributed by atoms with E-state index in [0.29, 0.717) is 28.7 Å². The fourth-order valence-electron chi connectivity index (χ4n) is 1.63. The average molecular weight is 298 g/mol. The first-order valence-electron chi connectivity index (χ1n) is 6.52. The summed E-state index contributed by atoms with van der Waals surface area (Å²) in [5, 5.41) is 6.30. The van der Waals surface area contributed by atoms with E-state index in [2.05, 4.69) is 24.5 Å². The lowest BCUT2D eigenvalue weighted by atomic mass is 10.2. The molecule has 0 aromatic heterocycles. The van der Waals surface area contributed by atoms with Gasteiger partial charge in [0.1, 0.15) is 0 Å². The molecule has 0 radical (unpaired) electrons. The van der Waals surface area contributed by atoms with E-state index in [1.165, 1.54) is 18.2 Å². The number of hydrogen-bond donors (Lipinski definition) is 3. The van der Waals surface area contributed by atoms with Crippen molar-refractivity contribution in [2.24, 2.45) is 5.73 Å². The molecule has 0 unspecified atom stereocenters. The van der Waals surface area contributed by atoms with Crippen LogP contribution in [0.3, 0.4) is 0 Å². The van der Waals surface area contributed by atoms with Gasteiger partial charge in [-0.3, -0.25) is 9.59 Å². The van der Waals surface area contributed by atoms with Crippen molar-refractivity contribution in [3.63, 3.8) is 0 Å². The molecular formula is C14H20ClN3O2. The fourth-order valence-corrected chi connectivity index (χ4v) is 1.79. The highest BCUT2D eigenvalue weighted by Crippen LogP contribution is 2.23. The second kappa shape index (κ2) is 7.87. The van der Waals surface area contributed by atoms with Gasteiger partial charge in [-0.2, -0.15) is 0 Å². The third-order valence-corrected chi connectivity index (χ3v) is 2.99. The predicted molar refractivity (Wildman–Crippen MR) is 81.0 cm³/mol. The van der Waals surface area contributed by atoms with Crippen molar-refractivity contribution < 1.29 is 9.59 Å². The summed E-state index contributed by atoms with van der Waals surface area (Å²) >= 11 is 5.97. The summed E-state index contributed by atoms with van der Waals surface area (Å²) < 4.78 is 0. The molecule has 0 aliphatic rings. The Morgan fingerprint density at radius 3 is 2.65 bits per heavy atom. The van der Waals surface area contributed by atoms with Gasteiger partial charge in [-0.05, 0) is 31.2 Å². The molecule has 6 heteroatoms. The van der Waals surface area contributed by atoms with Crippen molar-refractivity contribution in [2.45, 2.75) is 32.7 Å². The number of carbonyl (C=O) groups excluding carboxylic acids is 2. The Bertz CT molecular complexity index is 489. The van der Waals surface area contributed by atoms with Gasteiger partial charge in [-0.1, -0.05) is 25.4 Å². The largest absolute Gasteiger partial charge is 0.366 e. The quantitative estimate of drug-likeness (QED) is 0.674. The van der Waals surface area contributed by atoms with E-state index in [1.807, 2.05) is 0 Å². The van der Waals surface area contributed by atoms with E-state index >= 15 is 0 Å². The van der Waals surface area contributed by atoms with Crippen LogP contribution in [0.2, 0.25) is 5.02 Å². The molecule has 0 aliphatic heterocycles.